The number of halogens is 2. The SMILES string of the molecule is N#C/C(=C\c1ccc(-c2ccc(Cl)cc2Cl)o1)C(=O)NNC(=O)Cc1ccccc1. The Labute approximate surface area is 182 Å². The van der Waals surface area contributed by atoms with Crippen molar-refractivity contribution in [1.82, 2.24) is 10.9 Å². The highest BCUT2D eigenvalue weighted by atomic mass is 35.5. The fraction of sp³-hybridized carbons (Fsp3) is 0.0455. The fourth-order valence-corrected chi connectivity index (χ4v) is 3.08. The van der Waals surface area contributed by atoms with Gasteiger partial charge in [-0.3, -0.25) is 20.4 Å². The molecule has 0 aliphatic carbocycles. The Morgan fingerprint density at radius 3 is 2.50 bits per heavy atom. The van der Waals surface area contributed by atoms with Crippen molar-refractivity contribution < 1.29 is 14.0 Å². The van der Waals surface area contributed by atoms with E-state index in [0.717, 1.165) is 5.56 Å². The number of amides is 2. The maximum atomic E-state index is 12.2. The summed E-state index contributed by atoms with van der Waals surface area (Å²) >= 11 is 12.1. The monoisotopic (exact) mass is 439 g/mol. The average molecular weight is 440 g/mol. The van der Waals surface area contributed by atoms with Crippen molar-refractivity contribution in [2.45, 2.75) is 6.42 Å². The van der Waals surface area contributed by atoms with Gasteiger partial charge in [-0.15, -0.1) is 0 Å². The number of hydrogen-bond donors (Lipinski definition) is 2. The average Bonchev–Trinajstić information content (AvgIpc) is 3.19. The lowest BCUT2D eigenvalue weighted by Gasteiger charge is -2.06. The Morgan fingerprint density at radius 2 is 1.80 bits per heavy atom. The van der Waals surface area contributed by atoms with Crippen molar-refractivity contribution >= 4 is 41.1 Å². The van der Waals surface area contributed by atoms with E-state index in [9.17, 15) is 14.9 Å². The maximum Gasteiger partial charge on any atom is 0.280 e. The lowest BCUT2D eigenvalue weighted by atomic mass is 10.1. The summed E-state index contributed by atoms with van der Waals surface area (Å²) < 4.78 is 5.66. The van der Waals surface area contributed by atoms with Gasteiger partial charge in [0.05, 0.1) is 11.4 Å². The molecule has 8 heteroatoms. The minimum atomic E-state index is -0.763. The van der Waals surface area contributed by atoms with Crippen LogP contribution in [-0.2, 0) is 16.0 Å². The van der Waals surface area contributed by atoms with Crippen molar-refractivity contribution in [3.05, 3.63) is 87.6 Å². The van der Waals surface area contributed by atoms with E-state index in [2.05, 4.69) is 10.9 Å². The second-order valence-corrected chi connectivity index (χ2v) is 7.00. The molecule has 3 aromatic rings. The molecule has 0 bridgehead atoms. The van der Waals surface area contributed by atoms with Crippen molar-refractivity contribution in [3.63, 3.8) is 0 Å². The second kappa shape index (κ2) is 9.79. The molecule has 30 heavy (non-hydrogen) atoms. The third-order valence-corrected chi connectivity index (χ3v) is 4.55. The third-order valence-electron chi connectivity index (χ3n) is 4.00. The molecule has 1 heterocycles. The molecule has 150 valence electrons. The van der Waals surface area contributed by atoms with Gasteiger partial charge in [0.2, 0.25) is 5.91 Å². The summed E-state index contributed by atoms with van der Waals surface area (Å²) in [5.41, 5.74) is 5.69. The molecule has 0 aliphatic heterocycles. The minimum absolute atomic E-state index is 0.0934. The number of carbonyl (C=O) groups excluding carboxylic acids is 2. The van der Waals surface area contributed by atoms with Crippen LogP contribution in [0.5, 0.6) is 0 Å². The summed E-state index contributed by atoms with van der Waals surface area (Å²) in [7, 11) is 0. The van der Waals surface area contributed by atoms with E-state index in [1.165, 1.54) is 6.08 Å². The molecular weight excluding hydrogens is 425 g/mol. The number of nitrogens with zero attached hydrogens (tertiary/aromatic N) is 1. The zero-order valence-electron chi connectivity index (χ0n) is 15.5. The third kappa shape index (κ3) is 5.51. The largest absolute Gasteiger partial charge is 0.457 e. The molecule has 0 saturated carbocycles. The summed E-state index contributed by atoms with van der Waals surface area (Å²) in [6.07, 6.45) is 1.36. The lowest BCUT2D eigenvalue weighted by Crippen LogP contribution is -2.42. The standard InChI is InChI=1S/C22H15Cl2N3O3/c23-16-6-8-18(19(24)12-16)20-9-7-17(30-20)11-15(13-25)22(29)27-26-21(28)10-14-4-2-1-3-5-14/h1-9,11-12H,10H2,(H,26,28)(H,27,29)/b15-11+. The number of benzene rings is 2. The van der Waals surface area contributed by atoms with Crippen LogP contribution >= 0.6 is 23.2 Å². The van der Waals surface area contributed by atoms with Crippen LogP contribution in [0, 0.1) is 11.3 Å². The highest BCUT2D eigenvalue weighted by Crippen LogP contribution is 2.31. The Morgan fingerprint density at radius 1 is 1.03 bits per heavy atom. The quantitative estimate of drug-likeness (QED) is 0.346. The van der Waals surface area contributed by atoms with Gasteiger partial charge in [0, 0.05) is 16.7 Å². The normalized spacial score (nSPS) is 10.9. The van der Waals surface area contributed by atoms with Gasteiger partial charge in [-0.05, 0) is 35.9 Å². The van der Waals surface area contributed by atoms with E-state index in [1.54, 1.807) is 48.5 Å². The van der Waals surface area contributed by atoms with E-state index in [1.807, 2.05) is 18.2 Å². The number of nitrogens with one attached hydrogen (secondary N) is 2. The number of furan rings is 1. The number of rotatable bonds is 5. The Bertz CT molecular complexity index is 1150. The molecule has 0 unspecified atom stereocenters. The highest BCUT2D eigenvalue weighted by molar-refractivity contribution is 6.36. The molecule has 2 amide bonds. The Kier molecular flexibility index (Phi) is 6.91. The summed E-state index contributed by atoms with van der Waals surface area (Å²) in [5, 5.41) is 10.2. The van der Waals surface area contributed by atoms with Gasteiger partial charge < -0.3 is 4.42 Å². The van der Waals surface area contributed by atoms with Crippen LogP contribution in [0.1, 0.15) is 11.3 Å². The number of nitriles is 1. The molecule has 0 radical (unpaired) electrons. The first-order valence-corrected chi connectivity index (χ1v) is 9.52. The predicted octanol–water partition coefficient (Wildman–Crippen LogP) is 4.55. The zero-order chi connectivity index (χ0) is 21.5. The van der Waals surface area contributed by atoms with E-state index < -0.39 is 11.8 Å². The fourth-order valence-electron chi connectivity index (χ4n) is 2.57. The molecule has 0 atom stereocenters. The van der Waals surface area contributed by atoms with E-state index in [0.29, 0.717) is 21.4 Å². The first-order valence-electron chi connectivity index (χ1n) is 8.76. The van der Waals surface area contributed by atoms with Gasteiger partial charge in [-0.2, -0.15) is 5.26 Å². The van der Waals surface area contributed by atoms with E-state index in [4.69, 9.17) is 27.6 Å². The van der Waals surface area contributed by atoms with E-state index in [-0.39, 0.29) is 17.8 Å². The number of hydrogen-bond acceptors (Lipinski definition) is 4. The van der Waals surface area contributed by atoms with Crippen molar-refractivity contribution in [2.75, 3.05) is 0 Å². The lowest BCUT2D eigenvalue weighted by molar-refractivity contribution is -0.126. The molecule has 3 rings (SSSR count). The highest BCUT2D eigenvalue weighted by Gasteiger charge is 2.13. The van der Waals surface area contributed by atoms with Crippen LogP contribution in [-0.4, -0.2) is 11.8 Å². The van der Waals surface area contributed by atoms with Crippen LogP contribution in [0.4, 0.5) is 0 Å². The van der Waals surface area contributed by atoms with Gasteiger partial charge in [0.15, 0.2) is 0 Å². The topological polar surface area (TPSA) is 95.1 Å². The van der Waals surface area contributed by atoms with Crippen LogP contribution in [0.25, 0.3) is 17.4 Å². The number of hydrazine groups is 1. The minimum Gasteiger partial charge on any atom is -0.457 e. The molecule has 0 fully saturated rings. The van der Waals surface area contributed by atoms with Crippen molar-refractivity contribution in [2.24, 2.45) is 0 Å². The molecule has 6 nitrogen and oxygen atoms in total. The van der Waals surface area contributed by atoms with Crippen molar-refractivity contribution in [3.8, 4) is 17.4 Å². The van der Waals surface area contributed by atoms with E-state index >= 15 is 0 Å². The zero-order valence-corrected chi connectivity index (χ0v) is 17.0. The predicted molar refractivity (Wildman–Crippen MR) is 114 cm³/mol. The molecule has 0 saturated heterocycles. The van der Waals surface area contributed by atoms with Crippen LogP contribution in [0.3, 0.4) is 0 Å². The molecule has 2 aromatic carbocycles. The summed E-state index contributed by atoms with van der Waals surface area (Å²) in [6.45, 7) is 0. The first-order chi connectivity index (χ1) is 14.5. The summed E-state index contributed by atoms with van der Waals surface area (Å²) in [5.74, 6) is -0.444. The Hall–Kier alpha value is -3.53. The Balaban J connectivity index is 1.65. The molecule has 0 aliphatic rings. The first kappa shape index (κ1) is 21.2. The van der Waals surface area contributed by atoms with Crippen LogP contribution in [0.2, 0.25) is 10.0 Å². The van der Waals surface area contributed by atoms with Gasteiger partial charge >= 0.3 is 0 Å². The summed E-state index contributed by atoms with van der Waals surface area (Å²) in [6, 6.07) is 19.1. The van der Waals surface area contributed by atoms with Gasteiger partial charge in [-0.1, -0.05) is 53.5 Å². The second-order valence-electron chi connectivity index (χ2n) is 6.16. The van der Waals surface area contributed by atoms with Gasteiger partial charge in [0.1, 0.15) is 23.2 Å². The molecule has 0 spiro atoms. The molecular formula is C22H15Cl2N3O3. The van der Waals surface area contributed by atoms with Crippen LogP contribution < -0.4 is 10.9 Å². The van der Waals surface area contributed by atoms with Crippen LogP contribution in [0.15, 0.2) is 70.7 Å². The maximum absolute atomic E-state index is 12.2. The summed E-state index contributed by atoms with van der Waals surface area (Å²) in [4.78, 5) is 24.1. The van der Waals surface area contributed by atoms with Gasteiger partial charge in [0.25, 0.3) is 5.91 Å². The smallest absolute Gasteiger partial charge is 0.280 e. The number of carbonyl (C=O) groups is 2. The van der Waals surface area contributed by atoms with Gasteiger partial charge in [-0.25, -0.2) is 0 Å². The molecule has 1 aromatic heterocycles. The van der Waals surface area contributed by atoms with Crippen molar-refractivity contribution in [1.29, 1.82) is 5.26 Å². The molecule has 2 N–H and O–H groups in total.